The van der Waals surface area contributed by atoms with Crippen LogP contribution in [0.5, 0.6) is 0 Å². The average Bonchev–Trinajstić information content (AvgIpc) is 2.36. The van der Waals surface area contributed by atoms with Crippen LogP contribution in [0.15, 0.2) is 17.8 Å². The molecule has 64 valence electrons. The number of aryl methyl sites for hydroxylation is 1. The Hall–Kier alpha value is -1.58. The Morgan fingerprint density at radius 3 is 2.83 bits per heavy atom. The molecule has 0 aliphatic rings. The summed E-state index contributed by atoms with van der Waals surface area (Å²) in [5.74, 6) is -0.906. The Kier molecular flexibility index (Phi) is 2.28. The van der Waals surface area contributed by atoms with Crippen molar-refractivity contribution in [3.05, 3.63) is 23.5 Å². The van der Waals surface area contributed by atoms with Crippen molar-refractivity contribution in [2.24, 2.45) is 7.05 Å². The second-order valence-electron chi connectivity index (χ2n) is 2.51. The zero-order valence-corrected chi connectivity index (χ0v) is 6.98. The van der Waals surface area contributed by atoms with Gasteiger partial charge in [-0.1, -0.05) is 0 Å². The molecule has 0 aromatic carbocycles. The van der Waals surface area contributed by atoms with E-state index in [0.717, 1.165) is 5.69 Å². The molecule has 1 heterocycles. The maximum absolute atomic E-state index is 10.4. The van der Waals surface area contributed by atoms with E-state index in [0.29, 0.717) is 5.57 Å². The van der Waals surface area contributed by atoms with E-state index in [2.05, 4.69) is 5.10 Å². The molecule has 0 atom stereocenters. The average molecular weight is 166 g/mol. The van der Waals surface area contributed by atoms with Crippen LogP contribution < -0.4 is 0 Å². The van der Waals surface area contributed by atoms with Crippen molar-refractivity contribution in [3.63, 3.8) is 0 Å². The second-order valence-corrected chi connectivity index (χ2v) is 2.51. The molecular formula is C8H10N2O2. The highest BCUT2D eigenvalue weighted by Gasteiger charge is 2.01. The highest BCUT2D eigenvalue weighted by Crippen LogP contribution is 2.04. The predicted molar refractivity (Wildman–Crippen MR) is 44.5 cm³/mol. The van der Waals surface area contributed by atoms with E-state index in [1.807, 2.05) is 0 Å². The third kappa shape index (κ3) is 1.72. The van der Waals surface area contributed by atoms with Gasteiger partial charge in [0.05, 0.1) is 5.69 Å². The van der Waals surface area contributed by atoms with Crippen LogP contribution in [0.1, 0.15) is 12.6 Å². The van der Waals surface area contributed by atoms with Crippen molar-refractivity contribution in [3.8, 4) is 0 Å². The third-order valence-corrected chi connectivity index (χ3v) is 1.56. The summed E-state index contributed by atoms with van der Waals surface area (Å²) >= 11 is 0. The van der Waals surface area contributed by atoms with E-state index in [1.165, 1.54) is 0 Å². The molecule has 0 radical (unpaired) electrons. The molecule has 4 heteroatoms. The van der Waals surface area contributed by atoms with Crippen molar-refractivity contribution >= 4 is 12.0 Å². The Balaban J connectivity index is 2.95. The van der Waals surface area contributed by atoms with E-state index in [4.69, 9.17) is 5.11 Å². The molecule has 1 aromatic rings. The van der Waals surface area contributed by atoms with E-state index in [1.54, 1.807) is 37.0 Å². The van der Waals surface area contributed by atoms with E-state index < -0.39 is 5.97 Å². The predicted octanol–water partition coefficient (Wildman–Crippen LogP) is 0.908. The Morgan fingerprint density at radius 1 is 1.75 bits per heavy atom. The highest BCUT2D eigenvalue weighted by atomic mass is 16.4. The molecule has 0 unspecified atom stereocenters. The molecule has 12 heavy (non-hydrogen) atoms. The van der Waals surface area contributed by atoms with Gasteiger partial charge in [-0.2, -0.15) is 5.10 Å². The van der Waals surface area contributed by atoms with Crippen LogP contribution in [0, 0.1) is 0 Å². The standard InChI is InChI=1S/C8H10N2O2/c1-6(8(11)12)5-7-3-4-9-10(7)2/h3-5H,1-2H3,(H,11,12)/b6-5+. The molecule has 0 fully saturated rings. The molecule has 0 bridgehead atoms. The van der Waals surface area contributed by atoms with Crippen LogP contribution >= 0.6 is 0 Å². The monoisotopic (exact) mass is 166 g/mol. The minimum Gasteiger partial charge on any atom is -0.478 e. The first-order valence-corrected chi connectivity index (χ1v) is 3.51. The van der Waals surface area contributed by atoms with Gasteiger partial charge in [0.15, 0.2) is 0 Å². The lowest BCUT2D eigenvalue weighted by Gasteiger charge is -1.95. The van der Waals surface area contributed by atoms with Gasteiger partial charge in [0, 0.05) is 18.8 Å². The lowest BCUT2D eigenvalue weighted by atomic mass is 10.2. The van der Waals surface area contributed by atoms with Gasteiger partial charge in [0.1, 0.15) is 0 Å². The van der Waals surface area contributed by atoms with Crippen LogP contribution in [0.3, 0.4) is 0 Å². The summed E-state index contributed by atoms with van der Waals surface area (Å²) in [6.07, 6.45) is 3.20. The Bertz CT molecular complexity index is 326. The summed E-state index contributed by atoms with van der Waals surface area (Å²) in [6.45, 7) is 1.55. The molecule has 0 spiro atoms. The van der Waals surface area contributed by atoms with Gasteiger partial charge in [0.2, 0.25) is 0 Å². The summed E-state index contributed by atoms with van der Waals surface area (Å²) in [6, 6.07) is 1.76. The molecule has 0 saturated carbocycles. The summed E-state index contributed by atoms with van der Waals surface area (Å²) < 4.78 is 1.62. The first-order chi connectivity index (χ1) is 5.61. The van der Waals surface area contributed by atoms with Gasteiger partial charge < -0.3 is 5.11 Å². The second kappa shape index (κ2) is 3.21. The minimum absolute atomic E-state index is 0.304. The van der Waals surface area contributed by atoms with Crippen LogP contribution in [0.25, 0.3) is 6.08 Å². The normalized spacial score (nSPS) is 11.7. The summed E-state index contributed by atoms with van der Waals surface area (Å²) in [5, 5.41) is 12.5. The summed E-state index contributed by atoms with van der Waals surface area (Å²) in [7, 11) is 1.76. The fraction of sp³-hybridized carbons (Fsp3) is 0.250. The zero-order chi connectivity index (χ0) is 9.14. The van der Waals surface area contributed by atoms with Gasteiger partial charge >= 0.3 is 5.97 Å². The number of rotatable bonds is 2. The van der Waals surface area contributed by atoms with Crippen LogP contribution in [-0.4, -0.2) is 20.9 Å². The van der Waals surface area contributed by atoms with Gasteiger partial charge in [-0.05, 0) is 19.1 Å². The van der Waals surface area contributed by atoms with Crippen LogP contribution in [0.2, 0.25) is 0 Å². The van der Waals surface area contributed by atoms with Crippen molar-refractivity contribution in [1.82, 2.24) is 9.78 Å². The summed E-state index contributed by atoms with van der Waals surface area (Å²) in [4.78, 5) is 10.4. The number of hydrogen-bond donors (Lipinski definition) is 1. The molecular weight excluding hydrogens is 156 g/mol. The number of aromatic nitrogens is 2. The smallest absolute Gasteiger partial charge is 0.331 e. The number of carbonyl (C=O) groups is 1. The first-order valence-electron chi connectivity index (χ1n) is 3.51. The maximum atomic E-state index is 10.4. The topological polar surface area (TPSA) is 55.1 Å². The highest BCUT2D eigenvalue weighted by molar-refractivity contribution is 5.91. The molecule has 0 amide bonds. The van der Waals surface area contributed by atoms with E-state index in [-0.39, 0.29) is 0 Å². The number of hydrogen-bond acceptors (Lipinski definition) is 2. The van der Waals surface area contributed by atoms with E-state index in [9.17, 15) is 4.79 Å². The molecule has 4 nitrogen and oxygen atoms in total. The minimum atomic E-state index is -0.906. The lowest BCUT2D eigenvalue weighted by molar-refractivity contribution is -0.132. The molecule has 1 N–H and O–H groups in total. The largest absolute Gasteiger partial charge is 0.478 e. The van der Waals surface area contributed by atoms with Gasteiger partial charge in [-0.3, -0.25) is 4.68 Å². The van der Waals surface area contributed by atoms with Gasteiger partial charge in [0.25, 0.3) is 0 Å². The molecule has 1 aromatic heterocycles. The molecule has 0 aliphatic heterocycles. The summed E-state index contributed by atoms with van der Waals surface area (Å²) in [5.41, 5.74) is 1.09. The Labute approximate surface area is 70.1 Å². The van der Waals surface area contributed by atoms with Crippen LogP contribution in [-0.2, 0) is 11.8 Å². The number of carboxylic acids is 1. The quantitative estimate of drug-likeness (QED) is 0.664. The van der Waals surface area contributed by atoms with Gasteiger partial charge in [-0.25, -0.2) is 4.79 Å². The lowest BCUT2D eigenvalue weighted by Crippen LogP contribution is -1.98. The molecule has 1 rings (SSSR count). The third-order valence-electron chi connectivity index (χ3n) is 1.56. The molecule has 0 aliphatic carbocycles. The van der Waals surface area contributed by atoms with Crippen molar-refractivity contribution < 1.29 is 9.90 Å². The number of nitrogens with zero attached hydrogens (tertiary/aromatic N) is 2. The maximum Gasteiger partial charge on any atom is 0.331 e. The van der Waals surface area contributed by atoms with Crippen molar-refractivity contribution in [2.45, 2.75) is 6.92 Å². The SMILES string of the molecule is C/C(=C\c1ccnn1C)C(=O)O. The van der Waals surface area contributed by atoms with Crippen LogP contribution in [0.4, 0.5) is 0 Å². The number of carboxylic acid groups (broad SMARTS) is 1. The number of aliphatic carboxylic acids is 1. The molecule has 0 saturated heterocycles. The fourth-order valence-electron chi connectivity index (χ4n) is 0.809. The fourth-order valence-corrected chi connectivity index (χ4v) is 0.809. The Morgan fingerprint density at radius 2 is 2.42 bits per heavy atom. The zero-order valence-electron chi connectivity index (χ0n) is 6.98. The van der Waals surface area contributed by atoms with Crippen molar-refractivity contribution in [2.75, 3.05) is 0 Å². The van der Waals surface area contributed by atoms with Crippen molar-refractivity contribution in [1.29, 1.82) is 0 Å². The van der Waals surface area contributed by atoms with Gasteiger partial charge in [-0.15, -0.1) is 0 Å². The van der Waals surface area contributed by atoms with E-state index >= 15 is 0 Å². The first kappa shape index (κ1) is 8.52.